The van der Waals surface area contributed by atoms with E-state index >= 15 is 0 Å². The number of nitrogens with one attached hydrogen (secondary N) is 1. The minimum atomic E-state index is -2.64. The van der Waals surface area contributed by atoms with Crippen molar-refractivity contribution < 1.29 is 13.6 Å². The largest absolute Gasteiger partial charge is 0.330 e. The maximum absolute atomic E-state index is 12.4. The highest BCUT2D eigenvalue weighted by molar-refractivity contribution is 5.80. The molecule has 3 nitrogen and oxygen atoms in total. The lowest BCUT2D eigenvalue weighted by Gasteiger charge is -2.39. The number of hydrogen-bond acceptors (Lipinski definition) is 2. The Bertz CT molecular complexity index is 218. The average molecular weight is 190 g/mol. The summed E-state index contributed by atoms with van der Waals surface area (Å²) in [4.78, 5) is 12.7. The van der Waals surface area contributed by atoms with Crippen LogP contribution in [-0.4, -0.2) is 42.9 Å². The second kappa shape index (κ2) is 2.90. The molecule has 74 valence electrons. The van der Waals surface area contributed by atoms with Gasteiger partial charge in [0.15, 0.2) is 0 Å². The number of carbonyl (C=O) groups excluding carboxylic acids is 1. The molecule has 0 saturated carbocycles. The van der Waals surface area contributed by atoms with Crippen LogP contribution < -0.4 is 5.32 Å². The molecule has 2 heterocycles. The standard InChI is InChI=1S/C8H12F2N2O/c9-8(10)4-12(5-8)7(13)6-1-2-11-3-6/h6,11H,1-5H2. The molecule has 0 radical (unpaired) electrons. The molecule has 0 aromatic heterocycles. The van der Waals surface area contributed by atoms with Gasteiger partial charge in [0, 0.05) is 6.54 Å². The zero-order chi connectivity index (χ0) is 9.47. The number of rotatable bonds is 1. The van der Waals surface area contributed by atoms with Gasteiger partial charge in [0.1, 0.15) is 0 Å². The highest BCUT2D eigenvalue weighted by Crippen LogP contribution is 2.28. The Labute approximate surface area is 75.1 Å². The maximum Gasteiger partial charge on any atom is 0.282 e. The second-order valence-corrected chi connectivity index (χ2v) is 3.74. The minimum Gasteiger partial charge on any atom is -0.330 e. The van der Waals surface area contributed by atoms with E-state index in [2.05, 4.69) is 5.32 Å². The van der Waals surface area contributed by atoms with Crippen LogP contribution in [-0.2, 0) is 4.79 Å². The van der Waals surface area contributed by atoms with Gasteiger partial charge in [-0.2, -0.15) is 0 Å². The molecule has 1 N–H and O–H groups in total. The monoisotopic (exact) mass is 190 g/mol. The van der Waals surface area contributed by atoms with Crippen LogP contribution in [0, 0.1) is 5.92 Å². The van der Waals surface area contributed by atoms with Crippen LogP contribution in [0.3, 0.4) is 0 Å². The molecule has 1 unspecified atom stereocenters. The van der Waals surface area contributed by atoms with Crippen LogP contribution in [0.4, 0.5) is 8.78 Å². The molecule has 2 rings (SSSR count). The van der Waals surface area contributed by atoms with Crippen molar-refractivity contribution in [1.29, 1.82) is 0 Å². The smallest absolute Gasteiger partial charge is 0.282 e. The van der Waals surface area contributed by atoms with Crippen molar-refractivity contribution in [3.8, 4) is 0 Å². The van der Waals surface area contributed by atoms with Crippen molar-refractivity contribution in [2.24, 2.45) is 5.92 Å². The molecule has 0 spiro atoms. The Morgan fingerprint density at radius 2 is 2.15 bits per heavy atom. The lowest BCUT2D eigenvalue weighted by molar-refractivity contribution is -0.169. The first-order valence-electron chi connectivity index (χ1n) is 4.46. The molecule has 2 saturated heterocycles. The fourth-order valence-electron chi connectivity index (χ4n) is 1.79. The van der Waals surface area contributed by atoms with E-state index in [-0.39, 0.29) is 24.9 Å². The predicted octanol–water partition coefficient (Wildman–Crippen LogP) is 0.0734. The number of alkyl halides is 2. The highest BCUT2D eigenvalue weighted by Gasteiger charge is 2.47. The molecular weight excluding hydrogens is 178 g/mol. The van der Waals surface area contributed by atoms with Gasteiger partial charge in [-0.25, -0.2) is 8.78 Å². The van der Waals surface area contributed by atoms with Crippen LogP contribution in [0.2, 0.25) is 0 Å². The summed E-state index contributed by atoms with van der Waals surface area (Å²) in [5.41, 5.74) is 0. The number of hydrogen-bond donors (Lipinski definition) is 1. The summed E-state index contributed by atoms with van der Waals surface area (Å²) in [5, 5.41) is 3.04. The van der Waals surface area contributed by atoms with Crippen LogP contribution in [0.15, 0.2) is 0 Å². The summed E-state index contributed by atoms with van der Waals surface area (Å²) in [6.07, 6.45) is 0.779. The summed E-state index contributed by atoms with van der Waals surface area (Å²) in [6, 6.07) is 0. The molecule has 0 aromatic rings. The minimum absolute atomic E-state index is 0.0731. The van der Waals surface area contributed by atoms with Gasteiger partial charge in [-0.1, -0.05) is 0 Å². The second-order valence-electron chi connectivity index (χ2n) is 3.74. The zero-order valence-corrected chi connectivity index (χ0v) is 7.22. The SMILES string of the molecule is O=C(C1CCNC1)N1CC(F)(F)C1. The van der Waals surface area contributed by atoms with Crippen molar-refractivity contribution in [1.82, 2.24) is 10.2 Å². The van der Waals surface area contributed by atoms with E-state index in [1.807, 2.05) is 0 Å². The van der Waals surface area contributed by atoms with Crippen LogP contribution in [0.1, 0.15) is 6.42 Å². The van der Waals surface area contributed by atoms with E-state index in [9.17, 15) is 13.6 Å². The van der Waals surface area contributed by atoms with E-state index in [4.69, 9.17) is 0 Å². The Kier molecular flexibility index (Phi) is 1.98. The summed E-state index contributed by atoms with van der Waals surface area (Å²) >= 11 is 0. The fourth-order valence-corrected chi connectivity index (χ4v) is 1.79. The quantitative estimate of drug-likeness (QED) is 0.634. The Morgan fingerprint density at radius 1 is 1.46 bits per heavy atom. The predicted molar refractivity (Wildman–Crippen MR) is 42.5 cm³/mol. The van der Waals surface area contributed by atoms with Gasteiger partial charge >= 0.3 is 0 Å². The molecule has 2 aliphatic heterocycles. The van der Waals surface area contributed by atoms with Crippen molar-refractivity contribution >= 4 is 5.91 Å². The van der Waals surface area contributed by atoms with Gasteiger partial charge < -0.3 is 10.2 Å². The molecule has 5 heteroatoms. The van der Waals surface area contributed by atoms with Crippen molar-refractivity contribution in [2.75, 3.05) is 26.2 Å². The fraction of sp³-hybridized carbons (Fsp3) is 0.875. The number of amides is 1. The van der Waals surface area contributed by atoms with E-state index in [1.54, 1.807) is 0 Å². The third-order valence-electron chi connectivity index (χ3n) is 2.57. The average Bonchev–Trinajstić information content (AvgIpc) is 2.50. The van der Waals surface area contributed by atoms with E-state index in [1.165, 1.54) is 4.90 Å². The zero-order valence-electron chi connectivity index (χ0n) is 7.22. The normalized spacial score (nSPS) is 31.5. The van der Waals surface area contributed by atoms with Crippen molar-refractivity contribution in [3.05, 3.63) is 0 Å². The highest BCUT2D eigenvalue weighted by atomic mass is 19.3. The van der Waals surface area contributed by atoms with Crippen LogP contribution >= 0.6 is 0 Å². The lowest BCUT2D eigenvalue weighted by Crippen LogP contribution is -2.59. The van der Waals surface area contributed by atoms with Crippen LogP contribution in [0.25, 0.3) is 0 Å². The van der Waals surface area contributed by atoms with Gasteiger partial charge in [-0.3, -0.25) is 4.79 Å². The molecule has 0 bridgehead atoms. The van der Waals surface area contributed by atoms with Crippen molar-refractivity contribution in [2.45, 2.75) is 12.3 Å². The molecule has 13 heavy (non-hydrogen) atoms. The molecular formula is C8H12F2N2O. The van der Waals surface area contributed by atoms with E-state index in [0.29, 0.717) is 6.54 Å². The molecule has 2 aliphatic rings. The molecule has 1 atom stereocenters. The number of likely N-dealkylation sites (tertiary alicyclic amines) is 1. The molecule has 0 aliphatic carbocycles. The number of halogens is 2. The third-order valence-corrected chi connectivity index (χ3v) is 2.57. The first-order valence-corrected chi connectivity index (χ1v) is 4.46. The third kappa shape index (κ3) is 1.65. The Balaban J connectivity index is 1.85. The van der Waals surface area contributed by atoms with Gasteiger partial charge in [0.2, 0.25) is 5.91 Å². The van der Waals surface area contributed by atoms with Crippen molar-refractivity contribution in [3.63, 3.8) is 0 Å². The van der Waals surface area contributed by atoms with E-state index in [0.717, 1.165) is 13.0 Å². The summed E-state index contributed by atoms with van der Waals surface area (Å²) in [5.74, 6) is -2.83. The Hall–Kier alpha value is -0.710. The maximum atomic E-state index is 12.4. The van der Waals surface area contributed by atoms with E-state index < -0.39 is 5.92 Å². The number of carbonyl (C=O) groups is 1. The van der Waals surface area contributed by atoms with Gasteiger partial charge in [0.05, 0.1) is 19.0 Å². The lowest BCUT2D eigenvalue weighted by atomic mass is 10.0. The van der Waals surface area contributed by atoms with Gasteiger partial charge in [0.25, 0.3) is 5.92 Å². The molecule has 1 amide bonds. The first-order chi connectivity index (χ1) is 6.08. The topological polar surface area (TPSA) is 32.3 Å². The van der Waals surface area contributed by atoms with Gasteiger partial charge in [-0.05, 0) is 13.0 Å². The number of nitrogens with zero attached hydrogens (tertiary/aromatic N) is 1. The Morgan fingerprint density at radius 3 is 2.62 bits per heavy atom. The van der Waals surface area contributed by atoms with Gasteiger partial charge in [-0.15, -0.1) is 0 Å². The summed E-state index contributed by atoms with van der Waals surface area (Å²) in [7, 11) is 0. The summed E-state index contributed by atoms with van der Waals surface area (Å²) < 4.78 is 24.9. The van der Waals surface area contributed by atoms with Crippen LogP contribution in [0.5, 0.6) is 0 Å². The molecule has 0 aromatic carbocycles. The summed E-state index contributed by atoms with van der Waals surface area (Å²) in [6.45, 7) is 0.687. The molecule has 2 fully saturated rings. The first kappa shape index (κ1) is 8.87.